The first kappa shape index (κ1) is 14.5. The van der Waals surface area contributed by atoms with Crippen molar-refractivity contribution in [3.05, 3.63) is 23.9 Å². The van der Waals surface area contributed by atoms with E-state index in [1.807, 2.05) is 13.0 Å². The number of rotatable bonds is 5. The van der Waals surface area contributed by atoms with E-state index in [0.29, 0.717) is 12.0 Å². The van der Waals surface area contributed by atoms with Crippen LogP contribution in [-0.2, 0) is 0 Å². The molecule has 0 saturated heterocycles. The van der Waals surface area contributed by atoms with Crippen LogP contribution in [0.5, 0.6) is 0 Å². The minimum atomic E-state index is -0.0988. The van der Waals surface area contributed by atoms with Gasteiger partial charge in [-0.2, -0.15) is 5.26 Å². The summed E-state index contributed by atoms with van der Waals surface area (Å²) in [6.45, 7) is 3.92. The van der Waals surface area contributed by atoms with Crippen molar-refractivity contribution in [3.8, 4) is 6.07 Å². The lowest BCUT2D eigenvalue weighted by Crippen LogP contribution is -2.34. The summed E-state index contributed by atoms with van der Waals surface area (Å²) in [5.41, 5.74) is 0.558. The fourth-order valence-corrected chi connectivity index (χ4v) is 2.00. The van der Waals surface area contributed by atoms with Crippen LogP contribution in [0.15, 0.2) is 23.4 Å². The van der Waals surface area contributed by atoms with E-state index in [1.54, 1.807) is 36.0 Å². The number of thioether (sulfide) groups is 1. The molecule has 0 aliphatic heterocycles. The Labute approximate surface area is 112 Å². The lowest BCUT2D eigenvalue weighted by Gasteiger charge is -2.22. The average Bonchev–Trinajstić information content (AvgIpc) is 2.38. The van der Waals surface area contributed by atoms with Crippen molar-refractivity contribution < 1.29 is 4.79 Å². The van der Waals surface area contributed by atoms with Gasteiger partial charge in [0.15, 0.2) is 0 Å². The number of hydrogen-bond acceptors (Lipinski definition) is 4. The second-order valence-corrected chi connectivity index (χ2v) is 5.23. The predicted octanol–water partition coefficient (Wildman–Crippen LogP) is 2.57. The van der Waals surface area contributed by atoms with Crippen molar-refractivity contribution >= 4 is 17.7 Å². The third kappa shape index (κ3) is 3.74. The molecule has 0 fully saturated rings. The molecule has 0 aromatic carbocycles. The number of hydrogen-bond donors (Lipinski definition) is 0. The number of carbonyl (C=O) groups is 1. The molecule has 18 heavy (non-hydrogen) atoms. The van der Waals surface area contributed by atoms with E-state index in [2.05, 4.69) is 18.0 Å². The lowest BCUT2D eigenvalue weighted by molar-refractivity contribution is 0.0745. The molecule has 0 bridgehead atoms. The summed E-state index contributed by atoms with van der Waals surface area (Å²) >= 11 is 1.64. The molecule has 0 saturated carbocycles. The van der Waals surface area contributed by atoms with Gasteiger partial charge in [-0.1, -0.05) is 6.92 Å². The first-order chi connectivity index (χ1) is 8.60. The van der Waals surface area contributed by atoms with Crippen molar-refractivity contribution in [1.29, 1.82) is 5.26 Å². The number of nitrogens with zero attached hydrogens (tertiary/aromatic N) is 3. The first-order valence-corrected chi connectivity index (χ1v) is 6.81. The quantitative estimate of drug-likeness (QED) is 0.766. The average molecular weight is 263 g/mol. The maximum atomic E-state index is 12.1. The summed E-state index contributed by atoms with van der Waals surface area (Å²) in [7, 11) is 1.71. The van der Waals surface area contributed by atoms with Crippen LogP contribution >= 0.6 is 11.8 Å². The Bertz CT molecular complexity index is 439. The Morgan fingerprint density at radius 2 is 2.33 bits per heavy atom. The van der Waals surface area contributed by atoms with E-state index in [1.165, 1.54) is 0 Å². The summed E-state index contributed by atoms with van der Waals surface area (Å²) in [5.74, 6) is 0.859. The van der Waals surface area contributed by atoms with E-state index in [-0.39, 0.29) is 11.9 Å². The van der Waals surface area contributed by atoms with Crippen molar-refractivity contribution in [2.75, 3.05) is 12.8 Å². The third-order valence-corrected chi connectivity index (χ3v) is 3.47. The molecule has 1 heterocycles. The third-order valence-electron chi connectivity index (χ3n) is 2.64. The van der Waals surface area contributed by atoms with Crippen molar-refractivity contribution in [1.82, 2.24) is 9.88 Å². The molecule has 0 radical (unpaired) electrons. The van der Waals surface area contributed by atoms with Gasteiger partial charge in [0.2, 0.25) is 0 Å². The zero-order valence-corrected chi connectivity index (χ0v) is 11.7. The number of nitriles is 1. The van der Waals surface area contributed by atoms with Gasteiger partial charge >= 0.3 is 0 Å². The van der Waals surface area contributed by atoms with Crippen molar-refractivity contribution in [3.63, 3.8) is 0 Å². The molecule has 0 N–H and O–H groups in total. The fourth-order valence-electron chi connectivity index (χ4n) is 1.41. The Balaban J connectivity index is 2.75. The van der Waals surface area contributed by atoms with E-state index >= 15 is 0 Å². The zero-order chi connectivity index (χ0) is 13.5. The highest BCUT2D eigenvalue weighted by Gasteiger charge is 2.17. The molecule has 96 valence electrons. The van der Waals surface area contributed by atoms with Crippen LogP contribution in [0.25, 0.3) is 0 Å². The highest BCUT2D eigenvalue weighted by molar-refractivity contribution is 7.99. The first-order valence-electron chi connectivity index (χ1n) is 5.83. The molecule has 0 aliphatic carbocycles. The topological polar surface area (TPSA) is 57.0 Å². The fraction of sp³-hybridized carbons (Fsp3) is 0.462. The van der Waals surface area contributed by atoms with E-state index < -0.39 is 0 Å². The Morgan fingerprint density at radius 1 is 1.61 bits per heavy atom. The normalized spacial score (nSPS) is 11.7. The molecule has 1 rings (SSSR count). The van der Waals surface area contributed by atoms with E-state index in [0.717, 1.165) is 10.8 Å². The van der Waals surface area contributed by atoms with Crippen LogP contribution < -0.4 is 0 Å². The van der Waals surface area contributed by atoms with Crippen LogP contribution in [0.2, 0.25) is 0 Å². The number of pyridine rings is 1. The number of aromatic nitrogens is 1. The maximum Gasteiger partial charge on any atom is 0.255 e. The summed E-state index contributed by atoms with van der Waals surface area (Å²) in [5, 5.41) is 9.55. The summed E-state index contributed by atoms with van der Waals surface area (Å²) < 4.78 is 0. The molecular weight excluding hydrogens is 246 g/mol. The highest BCUT2D eigenvalue weighted by Crippen LogP contribution is 2.15. The molecule has 0 unspecified atom stereocenters. The summed E-state index contributed by atoms with van der Waals surface area (Å²) in [4.78, 5) is 17.9. The van der Waals surface area contributed by atoms with E-state index in [9.17, 15) is 4.79 Å². The van der Waals surface area contributed by atoms with Crippen LogP contribution in [0.4, 0.5) is 0 Å². The summed E-state index contributed by atoms with van der Waals surface area (Å²) in [6, 6.07) is 5.61. The van der Waals surface area contributed by atoms with Crippen LogP contribution in [0.3, 0.4) is 0 Å². The number of carbonyl (C=O) groups excluding carboxylic acids is 1. The molecule has 1 atom stereocenters. The van der Waals surface area contributed by atoms with Gasteiger partial charge < -0.3 is 4.90 Å². The zero-order valence-electron chi connectivity index (χ0n) is 10.9. The predicted molar refractivity (Wildman–Crippen MR) is 72.4 cm³/mol. The van der Waals surface area contributed by atoms with Gasteiger partial charge in [0.25, 0.3) is 5.91 Å². The summed E-state index contributed by atoms with van der Waals surface area (Å²) in [6.07, 6.45) is 1.93. The lowest BCUT2D eigenvalue weighted by atomic mass is 10.2. The second kappa shape index (κ2) is 7.02. The van der Waals surface area contributed by atoms with Crippen LogP contribution in [0.1, 0.15) is 30.6 Å². The Hall–Kier alpha value is -1.54. The molecular formula is C13H17N3OS. The van der Waals surface area contributed by atoms with Gasteiger partial charge in [-0.25, -0.2) is 4.98 Å². The molecule has 1 aromatic heterocycles. The van der Waals surface area contributed by atoms with Crippen LogP contribution in [-0.4, -0.2) is 34.6 Å². The largest absolute Gasteiger partial charge is 0.338 e. The maximum absolute atomic E-state index is 12.1. The number of amides is 1. The standard InChI is InChI=1S/C13H17N3OS/c1-4-18-12-6-5-11(9-15-12)13(17)16(3)10(2)7-8-14/h5-6,9-10H,4,7H2,1-3H3/t10-/m0/s1. The van der Waals surface area contributed by atoms with E-state index in [4.69, 9.17) is 5.26 Å². The smallest absolute Gasteiger partial charge is 0.255 e. The second-order valence-electron chi connectivity index (χ2n) is 3.95. The molecule has 0 spiro atoms. The van der Waals surface area contributed by atoms with Crippen molar-refractivity contribution in [2.45, 2.75) is 31.3 Å². The Morgan fingerprint density at radius 3 is 2.83 bits per heavy atom. The van der Waals surface area contributed by atoms with Gasteiger partial charge in [-0.3, -0.25) is 4.79 Å². The van der Waals surface area contributed by atoms with Crippen molar-refractivity contribution in [2.24, 2.45) is 0 Å². The minimum Gasteiger partial charge on any atom is -0.338 e. The Kier molecular flexibility index (Phi) is 5.66. The van der Waals surface area contributed by atoms with Gasteiger partial charge in [-0.15, -0.1) is 11.8 Å². The molecule has 0 aliphatic rings. The minimum absolute atomic E-state index is 0.0906. The molecule has 4 nitrogen and oxygen atoms in total. The van der Waals surface area contributed by atoms with Gasteiger partial charge in [-0.05, 0) is 24.8 Å². The van der Waals surface area contributed by atoms with Gasteiger partial charge in [0.05, 0.1) is 23.1 Å². The van der Waals surface area contributed by atoms with Gasteiger partial charge in [0, 0.05) is 19.3 Å². The van der Waals surface area contributed by atoms with Crippen LogP contribution in [0, 0.1) is 11.3 Å². The highest BCUT2D eigenvalue weighted by atomic mass is 32.2. The monoisotopic (exact) mass is 263 g/mol. The molecule has 1 amide bonds. The SMILES string of the molecule is CCSc1ccc(C(=O)N(C)[C@@H](C)CC#N)cn1. The molecule has 5 heteroatoms. The van der Waals surface area contributed by atoms with Gasteiger partial charge in [0.1, 0.15) is 0 Å². The molecule has 1 aromatic rings.